The highest BCUT2D eigenvalue weighted by atomic mass is 32.2. The first kappa shape index (κ1) is 17.0. The molecule has 0 spiro atoms. The number of imide groups is 1. The first-order valence-corrected chi connectivity index (χ1v) is 8.05. The van der Waals surface area contributed by atoms with E-state index in [-0.39, 0.29) is 5.75 Å². The Bertz CT molecular complexity index is 679. The number of carbonyl (C=O) groups excluding carboxylic acids is 2. The molecule has 0 bridgehead atoms. The molecule has 0 aliphatic carbocycles. The summed E-state index contributed by atoms with van der Waals surface area (Å²) in [5.41, 5.74) is 0.520. The molecular formula is C15H19N5O2S. The highest BCUT2D eigenvalue weighted by Crippen LogP contribution is 2.18. The van der Waals surface area contributed by atoms with Crippen LogP contribution in [-0.2, 0) is 4.79 Å². The molecule has 0 aliphatic rings. The summed E-state index contributed by atoms with van der Waals surface area (Å²) in [5, 5.41) is 12.3. The smallest absolute Gasteiger partial charge is 0.321 e. The quantitative estimate of drug-likeness (QED) is 0.745. The van der Waals surface area contributed by atoms with E-state index in [1.807, 2.05) is 51.1 Å². The third kappa shape index (κ3) is 5.74. The average Bonchev–Trinajstić information content (AvgIpc) is 2.93. The van der Waals surface area contributed by atoms with Crippen molar-refractivity contribution in [3.63, 3.8) is 0 Å². The lowest BCUT2D eigenvalue weighted by Crippen LogP contribution is -2.48. The lowest BCUT2D eigenvalue weighted by atomic mass is 10.1. The Morgan fingerprint density at radius 3 is 2.57 bits per heavy atom. The molecule has 0 atom stereocenters. The number of benzene rings is 1. The van der Waals surface area contributed by atoms with Gasteiger partial charge in [-0.3, -0.25) is 15.2 Å². The summed E-state index contributed by atoms with van der Waals surface area (Å²) in [5.74, 6) is 0.297. The van der Waals surface area contributed by atoms with Crippen LogP contribution in [0.5, 0.6) is 0 Å². The van der Waals surface area contributed by atoms with Gasteiger partial charge in [-0.1, -0.05) is 42.1 Å². The summed E-state index contributed by atoms with van der Waals surface area (Å²) in [6.45, 7) is 5.51. The van der Waals surface area contributed by atoms with E-state index in [1.54, 1.807) is 0 Å². The van der Waals surface area contributed by atoms with Gasteiger partial charge in [0.05, 0.1) is 5.75 Å². The highest BCUT2D eigenvalue weighted by Gasteiger charge is 2.16. The number of hydrogen-bond acceptors (Lipinski definition) is 5. The number of aromatic amines is 1. The van der Waals surface area contributed by atoms with Crippen molar-refractivity contribution in [2.45, 2.75) is 31.5 Å². The van der Waals surface area contributed by atoms with Crippen molar-refractivity contribution in [2.24, 2.45) is 0 Å². The summed E-state index contributed by atoms with van der Waals surface area (Å²) < 4.78 is 0. The van der Waals surface area contributed by atoms with E-state index < -0.39 is 17.5 Å². The van der Waals surface area contributed by atoms with E-state index in [1.165, 1.54) is 0 Å². The van der Waals surface area contributed by atoms with Gasteiger partial charge in [0.25, 0.3) is 0 Å². The molecular weight excluding hydrogens is 314 g/mol. The number of urea groups is 1. The zero-order chi connectivity index (χ0) is 16.9. The fraction of sp³-hybridized carbons (Fsp3) is 0.333. The van der Waals surface area contributed by atoms with Crippen molar-refractivity contribution in [1.29, 1.82) is 0 Å². The Hall–Kier alpha value is -2.35. The summed E-state index contributed by atoms with van der Waals surface area (Å²) in [6, 6.07) is 9.06. The molecule has 7 nitrogen and oxygen atoms in total. The van der Waals surface area contributed by atoms with E-state index in [2.05, 4.69) is 25.8 Å². The van der Waals surface area contributed by atoms with Gasteiger partial charge >= 0.3 is 6.03 Å². The number of nitrogens with one attached hydrogen (secondary N) is 3. The lowest BCUT2D eigenvalue weighted by molar-refractivity contribution is -0.117. The second-order valence-electron chi connectivity index (χ2n) is 5.87. The Labute approximate surface area is 138 Å². The highest BCUT2D eigenvalue weighted by molar-refractivity contribution is 7.99. The molecule has 0 fully saturated rings. The Morgan fingerprint density at radius 1 is 1.22 bits per heavy atom. The second kappa shape index (κ2) is 7.28. The van der Waals surface area contributed by atoms with Gasteiger partial charge in [0.15, 0.2) is 5.82 Å². The molecule has 23 heavy (non-hydrogen) atoms. The van der Waals surface area contributed by atoms with Crippen molar-refractivity contribution in [1.82, 2.24) is 25.8 Å². The van der Waals surface area contributed by atoms with Crippen LogP contribution in [0.2, 0.25) is 0 Å². The van der Waals surface area contributed by atoms with Crippen LogP contribution in [0.15, 0.2) is 35.5 Å². The SMILES string of the molecule is CC(C)(C)NC(=O)NC(=O)CSc1n[nH]c(-c2ccccc2)n1. The Balaban J connectivity index is 1.83. The van der Waals surface area contributed by atoms with Crippen LogP contribution in [0, 0.1) is 0 Å². The van der Waals surface area contributed by atoms with Gasteiger partial charge < -0.3 is 5.32 Å². The van der Waals surface area contributed by atoms with Gasteiger partial charge in [-0.15, -0.1) is 5.10 Å². The molecule has 122 valence electrons. The number of nitrogens with zero attached hydrogens (tertiary/aromatic N) is 2. The van der Waals surface area contributed by atoms with Crippen molar-refractivity contribution >= 4 is 23.7 Å². The summed E-state index contributed by atoms with van der Waals surface area (Å²) >= 11 is 1.16. The van der Waals surface area contributed by atoms with E-state index in [9.17, 15) is 9.59 Å². The number of aromatic nitrogens is 3. The van der Waals surface area contributed by atoms with Gasteiger partial charge in [-0.05, 0) is 20.8 Å². The minimum Gasteiger partial charge on any atom is -0.333 e. The first-order chi connectivity index (χ1) is 10.8. The fourth-order valence-electron chi connectivity index (χ4n) is 1.70. The zero-order valence-corrected chi connectivity index (χ0v) is 14.0. The molecule has 2 rings (SSSR count). The fourth-order valence-corrected chi connectivity index (χ4v) is 2.30. The molecule has 0 saturated heterocycles. The van der Waals surface area contributed by atoms with Crippen molar-refractivity contribution in [3.05, 3.63) is 30.3 Å². The standard InChI is InChI=1S/C15H19N5O2S/c1-15(2,3)18-13(22)16-11(21)9-23-14-17-12(19-20-14)10-7-5-4-6-8-10/h4-8H,9H2,1-3H3,(H,17,19,20)(H2,16,18,21,22). The number of carbonyl (C=O) groups is 2. The topological polar surface area (TPSA) is 99.8 Å². The van der Waals surface area contributed by atoms with Crippen LogP contribution < -0.4 is 10.6 Å². The molecule has 0 saturated carbocycles. The predicted octanol–water partition coefficient (Wildman–Crippen LogP) is 2.19. The monoisotopic (exact) mass is 333 g/mol. The Morgan fingerprint density at radius 2 is 1.91 bits per heavy atom. The van der Waals surface area contributed by atoms with Gasteiger partial charge in [0.2, 0.25) is 11.1 Å². The van der Waals surface area contributed by atoms with Crippen LogP contribution in [0.25, 0.3) is 11.4 Å². The maximum atomic E-state index is 11.7. The molecule has 2 aromatic rings. The second-order valence-corrected chi connectivity index (χ2v) is 6.82. The third-order valence-electron chi connectivity index (χ3n) is 2.59. The van der Waals surface area contributed by atoms with Crippen molar-refractivity contribution < 1.29 is 9.59 Å². The normalized spacial score (nSPS) is 11.1. The number of amides is 3. The van der Waals surface area contributed by atoms with Crippen LogP contribution >= 0.6 is 11.8 Å². The number of H-pyrrole nitrogens is 1. The minimum atomic E-state index is -0.511. The molecule has 0 radical (unpaired) electrons. The van der Waals surface area contributed by atoms with Gasteiger partial charge in [-0.2, -0.15) is 0 Å². The van der Waals surface area contributed by atoms with Crippen molar-refractivity contribution in [2.75, 3.05) is 5.75 Å². The van der Waals surface area contributed by atoms with Gasteiger partial charge in [-0.25, -0.2) is 9.78 Å². The molecule has 1 aromatic heterocycles. The zero-order valence-electron chi connectivity index (χ0n) is 13.2. The average molecular weight is 333 g/mol. The molecule has 1 heterocycles. The summed E-state index contributed by atoms with van der Waals surface area (Å²) in [4.78, 5) is 27.6. The van der Waals surface area contributed by atoms with Crippen LogP contribution in [0.4, 0.5) is 4.79 Å². The summed E-state index contributed by atoms with van der Waals surface area (Å²) in [6.07, 6.45) is 0. The van der Waals surface area contributed by atoms with E-state index >= 15 is 0 Å². The molecule has 3 amide bonds. The van der Waals surface area contributed by atoms with E-state index in [0.29, 0.717) is 11.0 Å². The van der Waals surface area contributed by atoms with Crippen LogP contribution in [-0.4, -0.2) is 38.4 Å². The number of thioether (sulfide) groups is 1. The van der Waals surface area contributed by atoms with E-state index in [0.717, 1.165) is 17.3 Å². The van der Waals surface area contributed by atoms with Gasteiger partial charge in [0, 0.05) is 11.1 Å². The van der Waals surface area contributed by atoms with E-state index in [4.69, 9.17) is 0 Å². The van der Waals surface area contributed by atoms with Crippen LogP contribution in [0.3, 0.4) is 0 Å². The van der Waals surface area contributed by atoms with Crippen molar-refractivity contribution in [3.8, 4) is 11.4 Å². The third-order valence-corrected chi connectivity index (χ3v) is 3.43. The summed E-state index contributed by atoms with van der Waals surface area (Å²) in [7, 11) is 0. The molecule has 8 heteroatoms. The largest absolute Gasteiger partial charge is 0.333 e. The van der Waals surface area contributed by atoms with Gasteiger partial charge in [0.1, 0.15) is 0 Å². The molecule has 0 aliphatic heterocycles. The maximum absolute atomic E-state index is 11.7. The predicted molar refractivity (Wildman–Crippen MR) is 89.0 cm³/mol. The number of rotatable bonds is 4. The maximum Gasteiger partial charge on any atom is 0.321 e. The molecule has 1 aromatic carbocycles. The minimum absolute atomic E-state index is 0.0592. The molecule has 0 unspecified atom stereocenters. The first-order valence-electron chi connectivity index (χ1n) is 7.06. The Kier molecular flexibility index (Phi) is 5.38. The van der Waals surface area contributed by atoms with Crippen LogP contribution in [0.1, 0.15) is 20.8 Å². The molecule has 3 N–H and O–H groups in total. The number of hydrogen-bond donors (Lipinski definition) is 3. The lowest BCUT2D eigenvalue weighted by Gasteiger charge is -2.20.